The Labute approximate surface area is 147 Å². The summed E-state index contributed by atoms with van der Waals surface area (Å²) in [6, 6.07) is 12.1. The molecule has 4 rings (SSSR count). The molecular weight excluding hydrogens is 310 g/mol. The lowest BCUT2D eigenvalue weighted by atomic mass is 9.96. The van der Waals surface area contributed by atoms with Gasteiger partial charge in [0, 0.05) is 34.1 Å². The number of fused-ring (bicyclic) bond motifs is 1. The summed E-state index contributed by atoms with van der Waals surface area (Å²) in [5, 5.41) is 1.26. The molecule has 0 unspecified atom stereocenters. The highest BCUT2D eigenvalue weighted by Gasteiger charge is 2.42. The standard InChI is InChI=1S/C21H23N3O/c1-3-13-7-8-15-16(12-14-5-4-6-17(23-14)20(22)25)19(21(2)9-10-21)24-18(15)11-13/h4-8,11,24H,3,9-10,12H2,1-2H3,(H2,22,25). The van der Waals surface area contributed by atoms with Crippen LogP contribution >= 0.6 is 0 Å². The van der Waals surface area contributed by atoms with Crippen LogP contribution in [0.25, 0.3) is 10.9 Å². The zero-order valence-corrected chi connectivity index (χ0v) is 14.7. The van der Waals surface area contributed by atoms with E-state index in [2.05, 4.69) is 42.0 Å². The summed E-state index contributed by atoms with van der Waals surface area (Å²) in [7, 11) is 0. The van der Waals surface area contributed by atoms with Crippen molar-refractivity contribution < 1.29 is 4.79 Å². The molecule has 2 heterocycles. The number of rotatable bonds is 5. The van der Waals surface area contributed by atoms with Crippen molar-refractivity contribution in [2.45, 2.75) is 44.9 Å². The average molecular weight is 333 g/mol. The van der Waals surface area contributed by atoms with E-state index in [1.165, 1.54) is 40.6 Å². The van der Waals surface area contributed by atoms with Crippen LogP contribution in [-0.2, 0) is 18.3 Å². The Morgan fingerprint density at radius 1 is 1.28 bits per heavy atom. The quantitative estimate of drug-likeness (QED) is 0.744. The molecule has 0 atom stereocenters. The number of H-pyrrole nitrogens is 1. The minimum atomic E-state index is -0.484. The van der Waals surface area contributed by atoms with Gasteiger partial charge in [0.05, 0.1) is 0 Å². The molecule has 0 spiro atoms. The first-order chi connectivity index (χ1) is 12.0. The van der Waals surface area contributed by atoms with E-state index in [9.17, 15) is 4.79 Å². The average Bonchev–Trinajstić information content (AvgIpc) is 3.26. The number of amides is 1. The SMILES string of the molecule is CCc1ccc2c(Cc3cccc(C(N)=O)n3)c(C3(C)CC3)[nH]c2c1. The van der Waals surface area contributed by atoms with E-state index in [-0.39, 0.29) is 5.41 Å². The molecular formula is C21H23N3O. The highest BCUT2D eigenvalue weighted by Crippen LogP contribution is 2.50. The number of nitrogens with one attached hydrogen (secondary N) is 1. The first-order valence-corrected chi connectivity index (χ1v) is 8.90. The molecule has 1 aromatic carbocycles. The van der Waals surface area contributed by atoms with E-state index in [1.54, 1.807) is 6.07 Å². The molecule has 0 radical (unpaired) electrons. The van der Waals surface area contributed by atoms with Crippen LogP contribution in [0.5, 0.6) is 0 Å². The number of carbonyl (C=O) groups is 1. The molecule has 3 N–H and O–H groups in total. The molecule has 128 valence electrons. The van der Waals surface area contributed by atoms with E-state index in [4.69, 9.17) is 5.73 Å². The van der Waals surface area contributed by atoms with Crippen LogP contribution in [0, 0.1) is 0 Å². The van der Waals surface area contributed by atoms with Crippen molar-refractivity contribution in [2.75, 3.05) is 0 Å². The number of hydrogen-bond donors (Lipinski definition) is 2. The van der Waals surface area contributed by atoms with Gasteiger partial charge in [-0.2, -0.15) is 0 Å². The fourth-order valence-corrected chi connectivity index (χ4v) is 3.56. The Morgan fingerprint density at radius 2 is 2.08 bits per heavy atom. The summed E-state index contributed by atoms with van der Waals surface area (Å²) < 4.78 is 0. The van der Waals surface area contributed by atoms with Gasteiger partial charge in [0.25, 0.3) is 5.91 Å². The third-order valence-electron chi connectivity index (χ3n) is 5.40. The van der Waals surface area contributed by atoms with Crippen molar-refractivity contribution in [3.63, 3.8) is 0 Å². The summed E-state index contributed by atoms with van der Waals surface area (Å²) in [6.45, 7) is 4.49. The Kier molecular flexibility index (Phi) is 3.64. The molecule has 0 aliphatic heterocycles. The van der Waals surface area contributed by atoms with E-state index >= 15 is 0 Å². The van der Waals surface area contributed by atoms with Crippen LogP contribution in [0.2, 0.25) is 0 Å². The maximum atomic E-state index is 11.4. The highest BCUT2D eigenvalue weighted by molar-refractivity contribution is 5.90. The number of pyridine rings is 1. The van der Waals surface area contributed by atoms with Gasteiger partial charge in [0.2, 0.25) is 0 Å². The predicted octanol–water partition coefficient (Wildman–Crippen LogP) is 3.87. The van der Waals surface area contributed by atoms with Crippen molar-refractivity contribution in [1.82, 2.24) is 9.97 Å². The Balaban J connectivity index is 1.82. The lowest BCUT2D eigenvalue weighted by Gasteiger charge is -2.11. The molecule has 0 bridgehead atoms. The van der Waals surface area contributed by atoms with Gasteiger partial charge in [-0.15, -0.1) is 0 Å². The Bertz CT molecular complexity index is 966. The Hall–Kier alpha value is -2.62. The second kappa shape index (κ2) is 5.73. The van der Waals surface area contributed by atoms with Crippen LogP contribution in [0.1, 0.15) is 59.7 Å². The number of aromatic amines is 1. The highest BCUT2D eigenvalue weighted by atomic mass is 16.1. The molecule has 1 fully saturated rings. The van der Waals surface area contributed by atoms with Gasteiger partial charge >= 0.3 is 0 Å². The zero-order valence-electron chi connectivity index (χ0n) is 14.7. The molecule has 0 saturated heterocycles. The van der Waals surface area contributed by atoms with Gasteiger partial charge in [0.1, 0.15) is 5.69 Å². The van der Waals surface area contributed by atoms with Crippen molar-refractivity contribution >= 4 is 16.8 Å². The number of aryl methyl sites for hydroxylation is 1. The smallest absolute Gasteiger partial charge is 0.267 e. The maximum absolute atomic E-state index is 11.4. The van der Waals surface area contributed by atoms with Crippen LogP contribution in [0.15, 0.2) is 36.4 Å². The summed E-state index contributed by atoms with van der Waals surface area (Å²) in [5.74, 6) is -0.484. The molecule has 1 amide bonds. The van der Waals surface area contributed by atoms with Gasteiger partial charge in [-0.3, -0.25) is 4.79 Å². The number of carbonyl (C=O) groups excluding carboxylic acids is 1. The molecule has 1 saturated carbocycles. The second-order valence-electron chi connectivity index (χ2n) is 7.33. The summed E-state index contributed by atoms with van der Waals surface area (Å²) in [5.41, 5.74) is 12.0. The van der Waals surface area contributed by atoms with Gasteiger partial charge in [-0.25, -0.2) is 4.98 Å². The minimum Gasteiger partial charge on any atom is -0.364 e. The molecule has 2 aromatic heterocycles. The Morgan fingerprint density at radius 3 is 2.76 bits per heavy atom. The first kappa shape index (κ1) is 15.9. The van der Waals surface area contributed by atoms with E-state index in [1.807, 2.05) is 12.1 Å². The minimum absolute atomic E-state index is 0.238. The van der Waals surface area contributed by atoms with Crippen LogP contribution < -0.4 is 5.73 Å². The zero-order chi connectivity index (χ0) is 17.6. The van der Waals surface area contributed by atoms with E-state index in [0.717, 1.165) is 12.1 Å². The third kappa shape index (κ3) is 2.82. The van der Waals surface area contributed by atoms with Gasteiger partial charge in [0.15, 0.2) is 0 Å². The molecule has 1 aliphatic carbocycles. The number of primary amides is 1. The monoisotopic (exact) mass is 333 g/mol. The van der Waals surface area contributed by atoms with Crippen LogP contribution in [0.4, 0.5) is 0 Å². The lowest BCUT2D eigenvalue weighted by Crippen LogP contribution is -2.14. The topological polar surface area (TPSA) is 71.8 Å². The second-order valence-corrected chi connectivity index (χ2v) is 7.33. The van der Waals surface area contributed by atoms with Gasteiger partial charge in [-0.1, -0.05) is 32.0 Å². The van der Waals surface area contributed by atoms with Crippen LogP contribution in [-0.4, -0.2) is 15.9 Å². The molecule has 3 aromatic rings. The molecule has 1 aliphatic rings. The van der Waals surface area contributed by atoms with E-state index in [0.29, 0.717) is 12.1 Å². The van der Waals surface area contributed by atoms with Crippen molar-refractivity contribution in [3.05, 3.63) is 64.6 Å². The number of benzene rings is 1. The van der Waals surface area contributed by atoms with Crippen molar-refractivity contribution in [3.8, 4) is 0 Å². The number of nitrogens with two attached hydrogens (primary N) is 1. The number of aromatic nitrogens is 2. The normalized spacial score (nSPS) is 15.4. The summed E-state index contributed by atoms with van der Waals surface area (Å²) in [6.07, 6.45) is 4.15. The molecule has 4 nitrogen and oxygen atoms in total. The van der Waals surface area contributed by atoms with Crippen molar-refractivity contribution in [2.24, 2.45) is 5.73 Å². The molecule has 4 heteroatoms. The third-order valence-corrected chi connectivity index (χ3v) is 5.40. The largest absolute Gasteiger partial charge is 0.364 e. The summed E-state index contributed by atoms with van der Waals surface area (Å²) >= 11 is 0. The number of nitrogens with zero attached hydrogens (tertiary/aromatic N) is 1. The van der Waals surface area contributed by atoms with E-state index < -0.39 is 5.91 Å². The van der Waals surface area contributed by atoms with Crippen molar-refractivity contribution in [1.29, 1.82) is 0 Å². The fraction of sp³-hybridized carbons (Fsp3) is 0.333. The lowest BCUT2D eigenvalue weighted by molar-refractivity contribution is 0.0995. The number of hydrogen-bond acceptors (Lipinski definition) is 2. The van der Waals surface area contributed by atoms with Crippen LogP contribution in [0.3, 0.4) is 0 Å². The first-order valence-electron chi connectivity index (χ1n) is 8.90. The van der Waals surface area contributed by atoms with Gasteiger partial charge in [-0.05, 0) is 48.6 Å². The maximum Gasteiger partial charge on any atom is 0.267 e. The summed E-state index contributed by atoms with van der Waals surface area (Å²) in [4.78, 5) is 19.6. The van der Waals surface area contributed by atoms with Gasteiger partial charge < -0.3 is 10.7 Å². The fourth-order valence-electron chi connectivity index (χ4n) is 3.56. The molecule has 25 heavy (non-hydrogen) atoms. The predicted molar refractivity (Wildman–Crippen MR) is 99.8 cm³/mol.